The van der Waals surface area contributed by atoms with Gasteiger partial charge in [-0.2, -0.15) is 0 Å². The SMILES string of the molecule is Cc1cc(NC(=O)CN2CCN(CC(=O)N3CCCC3)CC2)on1. The van der Waals surface area contributed by atoms with Crippen molar-refractivity contribution in [3.8, 4) is 0 Å². The minimum absolute atomic E-state index is 0.104. The molecule has 1 N–H and O–H groups in total. The number of hydrogen-bond donors (Lipinski definition) is 1. The van der Waals surface area contributed by atoms with Crippen molar-refractivity contribution in [2.45, 2.75) is 19.8 Å². The third-order valence-electron chi connectivity index (χ3n) is 4.54. The molecule has 2 fully saturated rings. The zero-order valence-corrected chi connectivity index (χ0v) is 14.2. The maximum Gasteiger partial charge on any atom is 0.240 e. The summed E-state index contributed by atoms with van der Waals surface area (Å²) in [7, 11) is 0. The predicted molar refractivity (Wildman–Crippen MR) is 88.6 cm³/mol. The Kier molecular flexibility index (Phi) is 5.47. The van der Waals surface area contributed by atoms with Gasteiger partial charge in [0, 0.05) is 45.3 Å². The summed E-state index contributed by atoms with van der Waals surface area (Å²) in [6, 6.07) is 1.69. The molecule has 0 saturated carbocycles. The molecule has 0 atom stereocenters. The van der Waals surface area contributed by atoms with E-state index < -0.39 is 0 Å². The summed E-state index contributed by atoms with van der Waals surface area (Å²) < 4.78 is 4.98. The molecule has 0 aliphatic carbocycles. The minimum atomic E-state index is -0.104. The molecule has 2 aliphatic heterocycles. The number of amides is 2. The molecule has 2 amide bonds. The van der Waals surface area contributed by atoms with E-state index >= 15 is 0 Å². The quantitative estimate of drug-likeness (QED) is 0.826. The molecule has 3 rings (SSSR count). The summed E-state index contributed by atoms with van der Waals surface area (Å²) in [5.74, 6) is 0.513. The fraction of sp³-hybridized carbons (Fsp3) is 0.688. The average Bonchev–Trinajstić information content (AvgIpc) is 3.21. The zero-order valence-electron chi connectivity index (χ0n) is 14.2. The molecule has 1 aromatic rings. The van der Waals surface area contributed by atoms with E-state index in [-0.39, 0.29) is 11.8 Å². The van der Waals surface area contributed by atoms with Gasteiger partial charge in [-0.15, -0.1) is 0 Å². The van der Waals surface area contributed by atoms with Gasteiger partial charge in [0.2, 0.25) is 17.7 Å². The number of carbonyl (C=O) groups is 2. The van der Waals surface area contributed by atoms with Crippen molar-refractivity contribution in [3.05, 3.63) is 11.8 Å². The molecule has 8 nitrogen and oxygen atoms in total. The number of aryl methyl sites for hydroxylation is 1. The van der Waals surface area contributed by atoms with Gasteiger partial charge >= 0.3 is 0 Å². The molecule has 2 aliphatic rings. The average molecular weight is 335 g/mol. The van der Waals surface area contributed by atoms with Crippen LogP contribution in [-0.4, -0.2) is 84.0 Å². The van der Waals surface area contributed by atoms with Crippen molar-refractivity contribution in [2.75, 3.05) is 57.7 Å². The number of likely N-dealkylation sites (tertiary alicyclic amines) is 1. The minimum Gasteiger partial charge on any atom is -0.342 e. The molecule has 8 heteroatoms. The van der Waals surface area contributed by atoms with Crippen LogP contribution in [0.2, 0.25) is 0 Å². The fourth-order valence-corrected chi connectivity index (χ4v) is 3.17. The van der Waals surface area contributed by atoms with E-state index in [1.807, 2.05) is 11.8 Å². The second kappa shape index (κ2) is 7.76. The van der Waals surface area contributed by atoms with E-state index in [1.54, 1.807) is 6.07 Å². The highest BCUT2D eigenvalue weighted by molar-refractivity contribution is 5.90. The molecule has 0 spiro atoms. The third kappa shape index (κ3) is 4.55. The van der Waals surface area contributed by atoms with Gasteiger partial charge in [-0.05, 0) is 19.8 Å². The van der Waals surface area contributed by atoms with E-state index in [4.69, 9.17) is 4.52 Å². The first-order valence-corrected chi connectivity index (χ1v) is 8.56. The predicted octanol–water partition coefficient (Wildman–Crippen LogP) is 0.162. The number of anilines is 1. The van der Waals surface area contributed by atoms with Crippen molar-refractivity contribution in [2.24, 2.45) is 0 Å². The molecule has 1 aromatic heterocycles. The number of piperazine rings is 1. The van der Waals surface area contributed by atoms with Gasteiger partial charge in [0.15, 0.2) is 0 Å². The van der Waals surface area contributed by atoms with Crippen LogP contribution in [0.15, 0.2) is 10.6 Å². The second-order valence-electron chi connectivity index (χ2n) is 6.52. The lowest BCUT2D eigenvalue weighted by Gasteiger charge is -2.34. The standard InChI is InChI=1S/C16H25N5O3/c1-13-10-15(24-18-13)17-14(22)11-19-6-8-20(9-7-19)12-16(23)21-4-2-3-5-21/h10H,2-9,11-12H2,1H3,(H,17,22). The van der Waals surface area contributed by atoms with Gasteiger partial charge in [0.05, 0.1) is 18.8 Å². The monoisotopic (exact) mass is 335 g/mol. The molecule has 0 unspecified atom stereocenters. The maximum absolute atomic E-state index is 12.2. The van der Waals surface area contributed by atoms with Crippen LogP contribution in [0.3, 0.4) is 0 Å². The van der Waals surface area contributed by atoms with Crippen LogP contribution in [0.4, 0.5) is 5.88 Å². The lowest BCUT2D eigenvalue weighted by molar-refractivity contribution is -0.132. The van der Waals surface area contributed by atoms with Crippen LogP contribution >= 0.6 is 0 Å². The molecule has 0 radical (unpaired) electrons. The first-order chi connectivity index (χ1) is 11.6. The number of nitrogens with zero attached hydrogens (tertiary/aromatic N) is 4. The van der Waals surface area contributed by atoms with Crippen molar-refractivity contribution >= 4 is 17.7 Å². The largest absolute Gasteiger partial charge is 0.342 e. The molecule has 24 heavy (non-hydrogen) atoms. The van der Waals surface area contributed by atoms with Gasteiger partial charge in [-0.25, -0.2) is 0 Å². The lowest BCUT2D eigenvalue weighted by Crippen LogP contribution is -2.51. The highest BCUT2D eigenvalue weighted by atomic mass is 16.5. The highest BCUT2D eigenvalue weighted by Gasteiger charge is 2.24. The number of aromatic nitrogens is 1. The van der Waals surface area contributed by atoms with E-state index in [9.17, 15) is 9.59 Å². The molecule has 0 bridgehead atoms. The Hall–Kier alpha value is -1.93. The molecule has 0 aromatic carbocycles. The molecular weight excluding hydrogens is 310 g/mol. The normalized spacial score (nSPS) is 19.6. The van der Waals surface area contributed by atoms with Crippen LogP contribution in [-0.2, 0) is 9.59 Å². The van der Waals surface area contributed by atoms with Crippen molar-refractivity contribution in [1.29, 1.82) is 0 Å². The van der Waals surface area contributed by atoms with E-state index in [0.29, 0.717) is 19.0 Å². The molecule has 3 heterocycles. The van der Waals surface area contributed by atoms with Crippen molar-refractivity contribution in [3.63, 3.8) is 0 Å². The molecular formula is C16H25N5O3. The summed E-state index contributed by atoms with van der Waals surface area (Å²) >= 11 is 0. The van der Waals surface area contributed by atoms with Gasteiger partial charge in [0.1, 0.15) is 0 Å². The van der Waals surface area contributed by atoms with Crippen LogP contribution in [0.5, 0.6) is 0 Å². The lowest BCUT2D eigenvalue weighted by atomic mass is 10.3. The molecule has 2 saturated heterocycles. The summed E-state index contributed by atoms with van der Waals surface area (Å²) in [4.78, 5) is 30.4. The zero-order chi connectivity index (χ0) is 16.9. The summed E-state index contributed by atoms with van der Waals surface area (Å²) in [5.41, 5.74) is 0.738. The van der Waals surface area contributed by atoms with Crippen LogP contribution in [0, 0.1) is 6.92 Å². The maximum atomic E-state index is 12.2. The highest BCUT2D eigenvalue weighted by Crippen LogP contribution is 2.10. The Balaban J connectivity index is 1.37. The summed E-state index contributed by atoms with van der Waals surface area (Å²) in [5, 5.41) is 6.45. The number of rotatable bonds is 5. The topological polar surface area (TPSA) is 81.9 Å². The van der Waals surface area contributed by atoms with E-state index in [2.05, 4.69) is 20.3 Å². The van der Waals surface area contributed by atoms with Gasteiger partial charge in [-0.1, -0.05) is 5.16 Å². The first kappa shape index (κ1) is 16.9. The fourth-order valence-electron chi connectivity index (χ4n) is 3.17. The summed E-state index contributed by atoms with van der Waals surface area (Å²) in [6.45, 7) is 7.64. The van der Waals surface area contributed by atoms with Gasteiger partial charge in [0.25, 0.3) is 0 Å². The summed E-state index contributed by atoms with van der Waals surface area (Å²) in [6.07, 6.45) is 2.25. The number of carbonyl (C=O) groups excluding carboxylic acids is 2. The van der Waals surface area contributed by atoms with Crippen LogP contribution in [0.1, 0.15) is 18.5 Å². The Morgan fingerprint density at radius 1 is 1.08 bits per heavy atom. The Bertz CT molecular complexity index is 574. The number of nitrogens with one attached hydrogen (secondary N) is 1. The third-order valence-corrected chi connectivity index (χ3v) is 4.54. The van der Waals surface area contributed by atoms with Crippen LogP contribution in [0.25, 0.3) is 0 Å². The smallest absolute Gasteiger partial charge is 0.240 e. The number of hydrogen-bond acceptors (Lipinski definition) is 6. The van der Waals surface area contributed by atoms with Crippen molar-refractivity contribution < 1.29 is 14.1 Å². The van der Waals surface area contributed by atoms with Gasteiger partial charge in [-0.3, -0.25) is 24.7 Å². The van der Waals surface area contributed by atoms with E-state index in [1.165, 1.54) is 0 Å². The first-order valence-electron chi connectivity index (χ1n) is 8.56. The Morgan fingerprint density at radius 3 is 2.29 bits per heavy atom. The van der Waals surface area contributed by atoms with Crippen molar-refractivity contribution in [1.82, 2.24) is 19.9 Å². The Morgan fingerprint density at radius 2 is 1.71 bits per heavy atom. The second-order valence-corrected chi connectivity index (χ2v) is 6.52. The van der Waals surface area contributed by atoms with E-state index in [0.717, 1.165) is 57.8 Å². The molecule has 132 valence electrons. The van der Waals surface area contributed by atoms with Crippen LogP contribution < -0.4 is 5.32 Å². The Labute approximate surface area is 141 Å². The van der Waals surface area contributed by atoms with Gasteiger partial charge < -0.3 is 9.42 Å².